The van der Waals surface area contributed by atoms with Crippen LogP contribution < -0.4 is 0 Å². The van der Waals surface area contributed by atoms with Crippen LogP contribution in [0.15, 0.2) is 66.0 Å². The number of pyridine rings is 1. The summed E-state index contributed by atoms with van der Waals surface area (Å²) in [6, 6.07) is 12.6. The van der Waals surface area contributed by atoms with Crippen LogP contribution in [0.25, 0.3) is 11.4 Å². The van der Waals surface area contributed by atoms with Crippen molar-refractivity contribution in [3.8, 4) is 11.4 Å². The predicted molar refractivity (Wildman–Crippen MR) is 108 cm³/mol. The van der Waals surface area contributed by atoms with Gasteiger partial charge in [0.1, 0.15) is 5.82 Å². The molecule has 0 aliphatic carbocycles. The van der Waals surface area contributed by atoms with E-state index in [9.17, 15) is 8.42 Å². The molecular formula is C21H24N4O2S. The number of piperidine rings is 1. The lowest BCUT2D eigenvalue weighted by Crippen LogP contribution is -2.41. The highest BCUT2D eigenvalue weighted by molar-refractivity contribution is 7.89. The summed E-state index contributed by atoms with van der Waals surface area (Å²) < 4.78 is 29.8. The first kappa shape index (κ1) is 18.8. The molecule has 1 aliphatic heterocycles. The Kier molecular flexibility index (Phi) is 5.28. The highest BCUT2D eigenvalue weighted by Gasteiger charge is 2.30. The number of nitrogens with zero attached hydrogens (tertiary/aromatic N) is 4. The fourth-order valence-electron chi connectivity index (χ4n) is 3.82. The van der Waals surface area contributed by atoms with E-state index >= 15 is 0 Å². The lowest BCUT2D eigenvalue weighted by atomic mass is 9.99. The standard InChI is InChI=1S/C21H24N4O2S/c1-17-14-23-21(19-9-11-22-12-10-19)25(17)16-18-6-5-13-24(15-18)28(26,27)20-7-3-2-4-8-20/h2-4,7-12,14,18H,5-6,13,15-16H2,1H3. The van der Waals surface area contributed by atoms with E-state index in [1.807, 2.05) is 31.3 Å². The van der Waals surface area contributed by atoms with Crippen LogP contribution in [0.1, 0.15) is 18.5 Å². The van der Waals surface area contributed by atoms with Gasteiger partial charge in [-0.05, 0) is 49.9 Å². The van der Waals surface area contributed by atoms with Crippen LogP contribution in [0.5, 0.6) is 0 Å². The molecule has 0 radical (unpaired) electrons. The molecule has 1 atom stereocenters. The number of hydrogen-bond acceptors (Lipinski definition) is 4. The SMILES string of the molecule is Cc1cnc(-c2ccncc2)n1CC1CCCN(S(=O)(=O)c2ccccc2)C1. The molecule has 4 rings (SSSR count). The molecule has 146 valence electrons. The van der Waals surface area contributed by atoms with Crippen molar-refractivity contribution in [1.82, 2.24) is 18.8 Å². The maximum absolute atomic E-state index is 13.0. The van der Waals surface area contributed by atoms with E-state index in [2.05, 4.69) is 14.5 Å². The second kappa shape index (κ2) is 7.85. The first-order chi connectivity index (χ1) is 13.6. The molecular weight excluding hydrogens is 372 g/mol. The van der Waals surface area contributed by atoms with Crippen LogP contribution in [0.3, 0.4) is 0 Å². The van der Waals surface area contributed by atoms with Crippen molar-refractivity contribution in [3.05, 3.63) is 66.7 Å². The van der Waals surface area contributed by atoms with Crippen molar-refractivity contribution in [2.75, 3.05) is 13.1 Å². The van der Waals surface area contributed by atoms with E-state index in [4.69, 9.17) is 0 Å². The third kappa shape index (κ3) is 3.72. The van der Waals surface area contributed by atoms with E-state index in [0.29, 0.717) is 18.0 Å². The molecule has 1 saturated heterocycles. The Morgan fingerprint density at radius 2 is 1.86 bits per heavy atom. The topological polar surface area (TPSA) is 68.1 Å². The summed E-state index contributed by atoms with van der Waals surface area (Å²) in [5.41, 5.74) is 2.10. The van der Waals surface area contributed by atoms with Gasteiger partial charge in [-0.3, -0.25) is 4.98 Å². The van der Waals surface area contributed by atoms with Gasteiger partial charge in [0.05, 0.1) is 4.90 Å². The lowest BCUT2D eigenvalue weighted by molar-refractivity contribution is 0.245. The molecule has 1 unspecified atom stereocenters. The van der Waals surface area contributed by atoms with Crippen molar-refractivity contribution in [3.63, 3.8) is 0 Å². The summed E-state index contributed by atoms with van der Waals surface area (Å²) >= 11 is 0. The summed E-state index contributed by atoms with van der Waals surface area (Å²) in [6.45, 7) is 3.90. The van der Waals surface area contributed by atoms with Gasteiger partial charge >= 0.3 is 0 Å². The quantitative estimate of drug-likeness (QED) is 0.663. The Morgan fingerprint density at radius 3 is 2.61 bits per heavy atom. The second-order valence-corrected chi connectivity index (χ2v) is 9.19. The number of aryl methyl sites for hydroxylation is 1. The molecule has 3 aromatic rings. The average Bonchev–Trinajstić information content (AvgIpc) is 3.10. The normalized spacial score (nSPS) is 18.2. The Balaban J connectivity index is 1.55. The summed E-state index contributed by atoms with van der Waals surface area (Å²) in [7, 11) is -3.45. The Labute approximate surface area is 165 Å². The van der Waals surface area contributed by atoms with E-state index in [1.54, 1.807) is 41.0 Å². The lowest BCUT2D eigenvalue weighted by Gasteiger charge is -2.32. The summed E-state index contributed by atoms with van der Waals surface area (Å²) in [4.78, 5) is 9.02. The molecule has 2 aromatic heterocycles. The van der Waals surface area contributed by atoms with Gasteiger partial charge in [0.15, 0.2) is 0 Å². The van der Waals surface area contributed by atoms with Crippen LogP contribution in [0.4, 0.5) is 0 Å². The Hall–Kier alpha value is -2.51. The monoisotopic (exact) mass is 396 g/mol. The van der Waals surface area contributed by atoms with Gasteiger partial charge in [-0.25, -0.2) is 13.4 Å². The molecule has 0 saturated carbocycles. The molecule has 1 aliphatic rings. The fourth-order valence-corrected chi connectivity index (χ4v) is 5.39. The molecule has 0 amide bonds. The van der Waals surface area contributed by atoms with Gasteiger partial charge in [-0.2, -0.15) is 4.31 Å². The van der Waals surface area contributed by atoms with Crippen molar-refractivity contribution < 1.29 is 8.42 Å². The molecule has 0 N–H and O–H groups in total. The van der Waals surface area contributed by atoms with Crippen LogP contribution in [0.2, 0.25) is 0 Å². The minimum Gasteiger partial charge on any atom is -0.328 e. The highest BCUT2D eigenvalue weighted by Crippen LogP contribution is 2.27. The van der Waals surface area contributed by atoms with Gasteiger partial charge in [0, 0.05) is 49.5 Å². The molecule has 1 aromatic carbocycles. The van der Waals surface area contributed by atoms with E-state index in [0.717, 1.165) is 36.5 Å². The molecule has 6 nitrogen and oxygen atoms in total. The van der Waals surface area contributed by atoms with Crippen molar-refractivity contribution in [2.24, 2.45) is 5.92 Å². The Morgan fingerprint density at radius 1 is 1.11 bits per heavy atom. The number of hydrogen-bond donors (Lipinski definition) is 0. The number of aromatic nitrogens is 3. The molecule has 7 heteroatoms. The zero-order chi connectivity index (χ0) is 19.6. The van der Waals surface area contributed by atoms with Crippen LogP contribution in [-0.4, -0.2) is 40.3 Å². The molecule has 1 fully saturated rings. The molecule has 0 spiro atoms. The highest BCUT2D eigenvalue weighted by atomic mass is 32.2. The smallest absolute Gasteiger partial charge is 0.243 e. The number of imidazole rings is 1. The van der Waals surface area contributed by atoms with Gasteiger partial charge < -0.3 is 4.57 Å². The second-order valence-electron chi connectivity index (χ2n) is 7.25. The minimum atomic E-state index is -3.45. The van der Waals surface area contributed by atoms with Crippen molar-refractivity contribution >= 4 is 10.0 Å². The van der Waals surface area contributed by atoms with Gasteiger partial charge in [-0.1, -0.05) is 18.2 Å². The van der Waals surface area contributed by atoms with E-state index in [-0.39, 0.29) is 5.92 Å². The van der Waals surface area contributed by atoms with E-state index < -0.39 is 10.0 Å². The minimum absolute atomic E-state index is 0.251. The number of benzene rings is 1. The summed E-state index contributed by atoms with van der Waals surface area (Å²) in [5, 5.41) is 0. The fraction of sp³-hybridized carbons (Fsp3) is 0.333. The molecule has 28 heavy (non-hydrogen) atoms. The third-order valence-corrected chi connectivity index (χ3v) is 7.18. The van der Waals surface area contributed by atoms with Crippen LogP contribution >= 0.6 is 0 Å². The first-order valence-electron chi connectivity index (χ1n) is 9.53. The van der Waals surface area contributed by atoms with Crippen molar-refractivity contribution in [1.29, 1.82) is 0 Å². The average molecular weight is 397 g/mol. The van der Waals surface area contributed by atoms with Crippen LogP contribution in [0, 0.1) is 12.8 Å². The summed E-state index contributed by atoms with van der Waals surface area (Å²) in [5.74, 6) is 1.16. The first-order valence-corrected chi connectivity index (χ1v) is 11.0. The number of sulfonamides is 1. The predicted octanol–water partition coefficient (Wildman–Crippen LogP) is 3.35. The van der Waals surface area contributed by atoms with E-state index in [1.165, 1.54) is 0 Å². The maximum atomic E-state index is 13.0. The zero-order valence-electron chi connectivity index (χ0n) is 15.9. The van der Waals surface area contributed by atoms with Crippen LogP contribution in [-0.2, 0) is 16.6 Å². The van der Waals surface area contributed by atoms with Gasteiger partial charge in [-0.15, -0.1) is 0 Å². The third-order valence-electron chi connectivity index (χ3n) is 5.30. The maximum Gasteiger partial charge on any atom is 0.243 e. The molecule has 3 heterocycles. The van der Waals surface area contributed by atoms with Gasteiger partial charge in [0.25, 0.3) is 0 Å². The zero-order valence-corrected chi connectivity index (χ0v) is 16.7. The summed E-state index contributed by atoms with van der Waals surface area (Å²) in [6.07, 6.45) is 7.28. The Bertz CT molecular complexity index is 1030. The molecule has 0 bridgehead atoms. The largest absolute Gasteiger partial charge is 0.328 e. The van der Waals surface area contributed by atoms with Crippen molar-refractivity contribution in [2.45, 2.75) is 31.2 Å². The number of rotatable bonds is 5. The van der Waals surface area contributed by atoms with Gasteiger partial charge in [0.2, 0.25) is 10.0 Å².